The molecule has 0 aliphatic heterocycles. The lowest BCUT2D eigenvalue weighted by atomic mass is 10.2. The molecule has 1 aromatic rings. The van der Waals surface area contributed by atoms with E-state index >= 15 is 0 Å². The molecule has 0 radical (unpaired) electrons. The highest BCUT2D eigenvalue weighted by molar-refractivity contribution is 5.80. The van der Waals surface area contributed by atoms with Gasteiger partial charge in [0, 0.05) is 13.1 Å². The van der Waals surface area contributed by atoms with Crippen LogP contribution in [0.2, 0.25) is 0 Å². The topological polar surface area (TPSA) is 87.1 Å². The van der Waals surface area contributed by atoms with Crippen LogP contribution in [0.1, 0.15) is 49.9 Å². The molecule has 0 saturated carbocycles. The minimum Gasteiger partial charge on any atom is -0.384 e. The van der Waals surface area contributed by atoms with Crippen molar-refractivity contribution >= 4 is 12.1 Å². The number of nitrogens with two attached hydrogens (primary N) is 1. The van der Waals surface area contributed by atoms with E-state index in [1.165, 1.54) is 4.57 Å². The first-order valence-electron chi connectivity index (χ1n) is 6.66. The Labute approximate surface area is 111 Å². The van der Waals surface area contributed by atoms with Crippen molar-refractivity contribution < 1.29 is 4.79 Å². The van der Waals surface area contributed by atoms with E-state index in [2.05, 4.69) is 0 Å². The van der Waals surface area contributed by atoms with Crippen molar-refractivity contribution in [2.45, 2.75) is 52.6 Å². The largest absolute Gasteiger partial charge is 0.384 e. The van der Waals surface area contributed by atoms with E-state index < -0.39 is 11.2 Å². The Morgan fingerprint density at radius 1 is 1.05 bits per heavy atom. The summed E-state index contributed by atoms with van der Waals surface area (Å²) >= 11 is 0. The molecule has 0 aliphatic carbocycles. The summed E-state index contributed by atoms with van der Waals surface area (Å²) in [6.07, 6.45) is 3.68. The third-order valence-corrected chi connectivity index (χ3v) is 3.09. The quantitative estimate of drug-likeness (QED) is 0.747. The summed E-state index contributed by atoms with van der Waals surface area (Å²) in [5, 5.41) is 0. The molecule has 0 amide bonds. The van der Waals surface area contributed by atoms with Crippen LogP contribution < -0.4 is 17.0 Å². The predicted octanol–water partition coefficient (Wildman–Crippen LogP) is 1.00. The number of nitrogen functional groups attached to an aromatic ring is 1. The van der Waals surface area contributed by atoms with Crippen LogP contribution >= 0.6 is 0 Å². The standard InChI is InChI=1S/C13H21N3O3/c1-3-5-7-15-11(14)10(9-17)12(18)16(13(15)19)8-6-4-2/h9H,3-8,14H2,1-2H3. The molecule has 0 fully saturated rings. The van der Waals surface area contributed by atoms with Crippen molar-refractivity contribution in [3.63, 3.8) is 0 Å². The van der Waals surface area contributed by atoms with E-state index in [-0.39, 0.29) is 11.4 Å². The summed E-state index contributed by atoms with van der Waals surface area (Å²) in [5.74, 6) is -0.0220. The van der Waals surface area contributed by atoms with Gasteiger partial charge < -0.3 is 5.73 Å². The van der Waals surface area contributed by atoms with E-state index in [0.29, 0.717) is 25.8 Å². The number of anilines is 1. The zero-order valence-electron chi connectivity index (χ0n) is 11.5. The number of rotatable bonds is 7. The second-order valence-corrected chi connectivity index (χ2v) is 4.51. The Bertz CT molecular complexity index is 557. The molecule has 2 N–H and O–H groups in total. The number of carbonyl (C=O) groups excluding carboxylic acids is 1. The summed E-state index contributed by atoms with van der Waals surface area (Å²) in [6.45, 7) is 4.71. The molecule has 1 rings (SSSR count). The normalized spacial score (nSPS) is 10.6. The van der Waals surface area contributed by atoms with Crippen LogP contribution in [0.3, 0.4) is 0 Å². The zero-order chi connectivity index (χ0) is 14.4. The Kier molecular flexibility index (Phi) is 5.54. The third-order valence-electron chi connectivity index (χ3n) is 3.09. The highest BCUT2D eigenvalue weighted by Gasteiger charge is 2.15. The lowest BCUT2D eigenvalue weighted by Gasteiger charge is -2.14. The zero-order valence-corrected chi connectivity index (χ0v) is 11.5. The molecule has 0 saturated heterocycles. The molecule has 19 heavy (non-hydrogen) atoms. The van der Waals surface area contributed by atoms with Crippen molar-refractivity contribution in [2.24, 2.45) is 0 Å². The molecule has 0 unspecified atom stereocenters. The number of hydrogen-bond acceptors (Lipinski definition) is 4. The van der Waals surface area contributed by atoms with Crippen molar-refractivity contribution in [2.75, 3.05) is 5.73 Å². The van der Waals surface area contributed by atoms with Crippen molar-refractivity contribution in [3.05, 3.63) is 26.4 Å². The minimum absolute atomic E-state index is 0.0220. The maximum Gasteiger partial charge on any atom is 0.332 e. The highest BCUT2D eigenvalue weighted by atomic mass is 16.2. The molecule has 0 spiro atoms. The van der Waals surface area contributed by atoms with Crippen LogP contribution in [-0.2, 0) is 13.1 Å². The number of nitrogens with zero attached hydrogens (tertiary/aromatic N) is 2. The van der Waals surface area contributed by atoms with Crippen LogP contribution in [0.5, 0.6) is 0 Å². The van der Waals surface area contributed by atoms with Crippen LogP contribution in [0, 0.1) is 0 Å². The molecule has 0 aliphatic rings. The number of aldehydes is 1. The molecule has 1 aromatic heterocycles. The average Bonchev–Trinajstić information content (AvgIpc) is 2.39. The van der Waals surface area contributed by atoms with E-state index in [4.69, 9.17) is 5.73 Å². The Morgan fingerprint density at radius 3 is 2.05 bits per heavy atom. The molecular formula is C13H21N3O3. The van der Waals surface area contributed by atoms with Crippen LogP contribution in [0.15, 0.2) is 9.59 Å². The van der Waals surface area contributed by atoms with E-state index in [1.54, 1.807) is 0 Å². The second kappa shape index (κ2) is 6.92. The summed E-state index contributed by atoms with van der Waals surface area (Å²) < 4.78 is 2.43. The van der Waals surface area contributed by atoms with Gasteiger partial charge in [-0.3, -0.25) is 18.7 Å². The lowest BCUT2D eigenvalue weighted by Crippen LogP contribution is -2.43. The Balaban J connectivity index is 3.42. The van der Waals surface area contributed by atoms with Gasteiger partial charge in [0.05, 0.1) is 0 Å². The Morgan fingerprint density at radius 2 is 1.58 bits per heavy atom. The first kappa shape index (κ1) is 15.2. The number of hydrogen-bond donors (Lipinski definition) is 1. The first-order chi connectivity index (χ1) is 9.08. The number of carbonyl (C=O) groups is 1. The van der Waals surface area contributed by atoms with Gasteiger partial charge in [0.2, 0.25) is 0 Å². The van der Waals surface area contributed by atoms with Gasteiger partial charge in [0.1, 0.15) is 11.4 Å². The fourth-order valence-electron chi connectivity index (χ4n) is 1.89. The molecular weight excluding hydrogens is 246 g/mol. The predicted molar refractivity (Wildman–Crippen MR) is 74.6 cm³/mol. The fourth-order valence-corrected chi connectivity index (χ4v) is 1.89. The van der Waals surface area contributed by atoms with E-state index in [9.17, 15) is 14.4 Å². The summed E-state index contributed by atoms with van der Waals surface area (Å²) in [4.78, 5) is 35.2. The smallest absolute Gasteiger partial charge is 0.332 e. The van der Waals surface area contributed by atoms with Gasteiger partial charge in [0.25, 0.3) is 5.56 Å². The summed E-state index contributed by atoms with van der Waals surface area (Å²) in [6, 6.07) is 0. The number of unbranched alkanes of at least 4 members (excludes halogenated alkanes) is 2. The molecule has 0 aromatic carbocycles. The summed E-state index contributed by atoms with van der Waals surface area (Å²) in [7, 11) is 0. The maximum atomic E-state index is 12.2. The van der Waals surface area contributed by atoms with Crippen molar-refractivity contribution in [1.82, 2.24) is 9.13 Å². The Hall–Kier alpha value is -1.85. The third kappa shape index (κ3) is 3.13. The van der Waals surface area contributed by atoms with Gasteiger partial charge >= 0.3 is 5.69 Å². The van der Waals surface area contributed by atoms with Gasteiger partial charge in [-0.05, 0) is 12.8 Å². The van der Waals surface area contributed by atoms with E-state index in [0.717, 1.165) is 23.8 Å². The van der Waals surface area contributed by atoms with Crippen LogP contribution in [0.25, 0.3) is 0 Å². The van der Waals surface area contributed by atoms with Crippen molar-refractivity contribution in [3.8, 4) is 0 Å². The van der Waals surface area contributed by atoms with Gasteiger partial charge in [-0.15, -0.1) is 0 Å². The minimum atomic E-state index is -0.585. The molecule has 6 nitrogen and oxygen atoms in total. The van der Waals surface area contributed by atoms with E-state index in [1.807, 2.05) is 13.8 Å². The number of aromatic nitrogens is 2. The van der Waals surface area contributed by atoms with Gasteiger partial charge in [0.15, 0.2) is 6.29 Å². The van der Waals surface area contributed by atoms with Gasteiger partial charge in [-0.25, -0.2) is 4.79 Å². The SMILES string of the molecule is CCCCn1c(N)c(C=O)c(=O)n(CCCC)c1=O. The van der Waals surface area contributed by atoms with Crippen LogP contribution in [0.4, 0.5) is 5.82 Å². The molecule has 0 bridgehead atoms. The lowest BCUT2D eigenvalue weighted by molar-refractivity contribution is 0.112. The molecule has 0 atom stereocenters. The maximum absolute atomic E-state index is 12.2. The average molecular weight is 267 g/mol. The second-order valence-electron chi connectivity index (χ2n) is 4.51. The fraction of sp³-hybridized carbons (Fsp3) is 0.615. The van der Waals surface area contributed by atoms with Crippen molar-refractivity contribution in [1.29, 1.82) is 0 Å². The van der Waals surface area contributed by atoms with Crippen LogP contribution in [-0.4, -0.2) is 15.4 Å². The molecule has 1 heterocycles. The first-order valence-corrected chi connectivity index (χ1v) is 6.66. The summed E-state index contributed by atoms with van der Waals surface area (Å²) in [5.41, 5.74) is 4.63. The van der Waals surface area contributed by atoms with Gasteiger partial charge in [-0.2, -0.15) is 0 Å². The monoisotopic (exact) mass is 267 g/mol. The van der Waals surface area contributed by atoms with Gasteiger partial charge in [-0.1, -0.05) is 26.7 Å². The molecule has 106 valence electrons. The molecule has 6 heteroatoms. The highest BCUT2D eigenvalue weighted by Crippen LogP contribution is 2.04.